The van der Waals surface area contributed by atoms with Gasteiger partial charge in [-0.3, -0.25) is 0 Å². The standard InChI is InChI=1S/C12H23NO/c1-5-10(2)9-11(13-4)12(3)7-6-8-14-12/h11,13H,2,5-9H2,1,3-4H3. The van der Waals surface area contributed by atoms with Crippen molar-refractivity contribution in [2.75, 3.05) is 13.7 Å². The van der Waals surface area contributed by atoms with Crippen molar-refractivity contribution < 1.29 is 4.74 Å². The Labute approximate surface area is 87.7 Å². The van der Waals surface area contributed by atoms with E-state index < -0.39 is 0 Å². The first kappa shape index (κ1) is 11.7. The van der Waals surface area contributed by atoms with Gasteiger partial charge in [0.1, 0.15) is 0 Å². The maximum atomic E-state index is 5.84. The maximum absolute atomic E-state index is 5.84. The summed E-state index contributed by atoms with van der Waals surface area (Å²) in [5.41, 5.74) is 1.33. The van der Waals surface area contributed by atoms with E-state index in [1.165, 1.54) is 12.0 Å². The predicted octanol–water partition coefficient (Wildman–Crippen LogP) is 2.50. The van der Waals surface area contributed by atoms with Crippen LogP contribution in [-0.2, 0) is 4.74 Å². The zero-order valence-corrected chi connectivity index (χ0v) is 9.73. The monoisotopic (exact) mass is 197 g/mol. The highest BCUT2D eigenvalue weighted by molar-refractivity contribution is 5.03. The molecule has 0 saturated carbocycles. The molecule has 2 heteroatoms. The summed E-state index contributed by atoms with van der Waals surface area (Å²) in [7, 11) is 2.01. The highest BCUT2D eigenvalue weighted by Gasteiger charge is 2.37. The molecule has 1 fully saturated rings. The molecule has 0 spiro atoms. The quantitative estimate of drug-likeness (QED) is 0.684. The van der Waals surface area contributed by atoms with E-state index in [1.54, 1.807) is 0 Å². The Kier molecular flexibility index (Phi) is 4.14. The summed E-state index contributed by atoms with van der Waals surface area (Å²) in [6, 6.07) is 0.414. The Morgan fingerprint density at radius 3 is 2.79 bits per heavy atom. The number of hydrogen-bond acceptors (Lipinski definition) is 2. The van der Waals surface area contributed by atoms with E-state index in [2.05, 4.69) is 25.7 Å². The lowest BCUT2D eigenvalue weighted by Gasteiger charge is -2.33. The fraction of sp³-hybridized carbons (Fsp3) is 0.833. The van der Waals surface area contributed by atoms with Gasteiger partial charge in [0.25, 0.3) is 0 Å². The summed E-state index contributed by atoms with van der Waals surface area (Å²) in [6.45, 7) is 9.35. The molecule has 0 aromatic heterocycles. The lowest BCUT2D eigenvalue weighted by Crippen LogP contribution is -2.47. The SMILES string of the molecule is C=C(CC)CC(NC)C1(C)CCCO1. The van der Waals surface area contributed by atoms with Gasteiger partial charge < -0.3 is 10.1 Å². The fourth-order valence-electron chi connectivity index (χ4n) is 2.13. The number of hydrogen-bond donors (Lipinski definition) is 1. The lowest BCUT2D eigenvalue weighted by molar-refractivity contribution is -0.00953. The lowest BCUT2D eigenvalue weighted by atomic mass is 9.88. The molecule has 0 aliphatic carbocycles. The molecular formula is C12H23NO. The van der Waals surface area contributed by atoms with Crippen molar-refractivity contribution in [3.63, 3.8) is 0 Å². The molecule has 0 radical (unpaired) electrons. The Morgan fingerprint density at radius 1 is 1.64 bits per heavy atom. The van der Waals surface area contributed by atoms with Crippen molar-refractivity contribution >= 4 is 0 Å². The van der Waals surface area contributed by atoms with Crippen LogP contribution in [0.25, 0.3) is 0 Å². The molecule has 1 rings (SSSR count). The summed E-state index contributed by atoms with van der Waals surface area (Å²) in [5, 5.41) is 3.36. The third-order valence-corrected chi connectivity index (χ3v) is 3.33. The third-order valence-electron chi connectivity index (χ3n) is 3.33. The second-order valence-electron chi connectivity index (χ2n) is 4.41. The van der Waals surface area contributed by atoms with Crippen LogP contribution in [0.2, 0.25) is 0 Å². The molecule has 14 heavy (non-hydrogen) atoms. The van der Waals surface area contributed by atoms with Crippen molar-refractivity contribution in [2.24, 2.45) is 0 Å². The van der Waals surface area contributed by atoms with Gasteiger partial charge in [-0.25, -0.2) is 0 Å². The highest BCUT2D eigenvalue weighted by atomic mass is 16.5. The van der Waals surface area contributed by atoms with Gasteiger partial charge in [-0.05, 0) is 39.7 Å². The molecule has 0 aromatic carbocycles. The molecule has 82 valence electrons. The first-order valence-electron chi connectivity index (χ1n) is 5.60. The molecule has 2 unspecified atom stereocenters. The molecule has 1 N–H and O–H groups in total. The average molecular weight is 197 g/mol. The van der Waals surface area contributed by atoms with Gasteiger partial charge in [-0.2, -0.15) is 0 Å². The van der Waals surface area contributed by atoms with Crippen molar-refractivity contribution in [1.82, 2.24) is 5.32 Å². The fourth-order valence-corrected chi connectivity index (χ4v) is 2.13. The van der Waals surface area contributed by atoms with E-state index in [1.807, 2.05) is 7.05 Å². The van der Waals surface area contributed by atoms with Gasteiger partial charge in [-0.1, -0.05) is 19.1 Å². The van der Waals surface area contributed by atoms with Gasteiger partial charge in [0.05, 0.1) is 5.60 Å². The summed E-state index contributed by atoms with van der Waals surface area (Å²) >= 11 is 0. The Bertz CT molecular complexity index is 194. The van der Waals surface area contributed by atoms with E-state index in [0.29, 0.717) is 6.04 Å². The molecule has 1 saturated heterocycles. The molecular weight excluding hydrogens is 174 g/mol. The number of nitrogens with one attached hydrogen (secondary N) is 1. The maximum Gasteiger partial charge on any atom is 0.0810 e. The molecule has 2 atom stereocenters. The van der Waals surface area contributed by atoms with E-state index >= 15 is 0 Å². The van der Waals surface area contributed by atoms with E-state index in [4.69, 9.17) is 4.74 Å². The van der Waals surface area contributed by atoms with Gasteiger partial charge in [0, 0.05) is 12.6 Å². The average Bonchev–Trinajstić information content (AvgIpc) is 2.62. The smallest absolute Gasteiger partial charge is 0.0810 e. The van der Waals surface area contributed by atoms with Crippen LogP contribution in [0.3, 0.4) is 0 Å². The van der Waals surface area contributed by atoms with E-state index in [0.717, 1.165) is 25.9 Å². The van der Waals surface area contributed by atoms with Crippen LogP contribution in [0.4, 0.5) is 0 Å². The second-order valence-corrected chi connectivity index (χ2v) is 4.41. The first-order chi connectivity index (χ1) is 6.62. The molecule has 0 aromatic rings. The number of likely N-dealkylation sites (N-methyl/N-ethyl adjacent to an activating group) is 1. The number of ether oxygens (including phenoxy) is 1. The van der Waals surface area contributed by atoms with Crippen molar-refractivity contribution in [1.29, 1.82) is 0 Å². The molecule has 1 aliphatic heterocycles. The molecule has 1 aliphatic rings. The van der Waals surface area contributed by atoms with Crippen LogP contribution < -0.4 is 5.32 Å². The minimum atomic E-state index is 0.0207. The van der Waals surface area contributed by atoms with Crippen molar-refractivity contribution in [3.8, 4) is 0 Å². The first-order valence-corrected chi connectivity index (χ1v) is 5.60. The third kappa shape index (κ3) is 2.58. The zero-order valence-electron chi connectivity index (χ0n) is 9.73. The van der Waals surface area contributed by atoms with Crippen LogP contribution in [0.5, 0.6) is 0 Å². The summed E-state index contributed by atoms with van der Waals surface area (Å²) in [4.78, 5) is 0. The Morgan fingerprint density at radius 2 is 2.36 bits per heavy atom. The van der Waals surface area contributed by atoms with Crippen molar-refractivity contribution in [3.05, 3.63) is 12.2 Å². The highest BCUT2D eigenvalue weighted by Crippen LogP contribution is 2.31. The molecule has 0 amide bonds. The molecule has 1 heterocycles. The van der Waals surface area contributed by atoms with Gasteiger partial charge in [0.2, 0.25) is 0 Å². The van der Waals surface area contributed by atoms with Crippen LogP contribution in [0, 0.1) is 0 Å². The van der Waals surface area contributed by atoms with E-state index in [9.17, 15) is 0 Å². The largest absolute Gasteiger partial charge is 0.374 e. The van der Waals surface area contributed by atoms with Gasteiger partial charge in [-0.15, -0.1) is 0 Å². The second kappa shape index (κ2) is 4.94. The predicted molar refractivity (Wildman–Crippen MR) is 60.5 cm³/mol. The molecule has 0 bridgehead atoms. The topological polar surface area (TPSA) is 21.3 Å². The van der Waals surface area contributed by atoms with Crippen molar-refractivity contribution in [2.45, 2.75) is 51.2 Å². The Balaban J connectivity index is 2.56. The van der Waals surface area contributed by atoms with Gasteiger partial charge in [0.15, 0.2) is 0 Å². The minimum Gasteiger partial charge on any atom is -0.374 e. The minimum absolute atomic E-state index is 0.0207. The molecule has 2 nitrogen and oxygen atoms in total. The summed E-state index contributed by atoms with van der Waals surface area (Å²) in [6.07, 6.45) is 4.44. The normalized spacial score (nSPS) is 29.1. The van der Waals surface area contributed by atoms with Crippen LogP contribution >= 0.6 is 0 Å². The number of rotatable bonds is 5. The van der Waals surface area contributed by atoms with Crippen LogP contribution in [-0.4, -0.2) is 25.3 Å². The summed E-state index contributed by atoms with van der Waals surface area (Å²) < 4.78 is 5.84. The van der Waals surface area contributed by atoms with Crippen LogP contribution in [0.1, 0.15) is 39.5 Å². The van der Waals surface area contributed by atoms with Crippen LogP contribution in [0.15, 0.2) is 12.2 Å². The summed E-state index contributed by atoms with van der Waals surface area (Å²) in [5.74, 6) is 0. The Hall–Kier alpha value is -0.340. The van der Waals surface area contributed by atoms with E-state index in [-0.39, 0.29) is 5.60 Å². The zero-order chi connectivity index (χ0) is 10.6. The van der Waals surface area contributed by atoms with Gasteiger partial charge >= 0.3 is 0 Å².